The van der Waals surface area contributed by atoms with Crippen molar-refractivity contribution >= 4 is 5.97 Å². The molecular weight excluding hydrogens is 142 g/mol. The summed E-state index contributed by atoms with van der Waals surface area (Å²) in [5.41, 5.74) is 6.41. The van der Waals surface area contributed by atoms with E-state index in [2.05, 4.69) is 4.74 Å². The Morgan fingerprint density at radius 2 is 2.55 bits per heavy atom. The van der Waals surface area contributed by atoms with Crippen molar-refractivity contribution < 1.29 is 9.53 Å². The van der Waals surface area contributed by atoms with Crippen molar-refractivity contribution in [2.75, 3.05) is 7.11 Å². The molecule has 0 bridgehead atoms. The first kappa shape index (κ1) is 8.27. The first-order valence-corrected chi connectivity index (χ1v) is 3.77. The van der Waals surface area contributed by atoms with E-state index in [0.29, 0.717) is 0 Å². The number of carbonyl (C=O) groups is 1. The molecule has 0 amide bonds. The fourth-order valence-corrected chi connectivity index (χ4v) is 1.17. The van der Waals surface area contributed by atoms with Crippen LogP contribution in [0.2, 0.25) is 0 Å². The van der Waals surface area contributed by atoms with E-state index in [1.165, 1.54) is 7.11 Å². The van der Waals surface area contributed by atoms with Crippen LogP contribution in [0.1, 0.15) is 19.3 Å². The van der Waals surface area contributed by atoms with Gasteiger partial charge in [-0.1, -0.05) is 6.08 Å². The maximum atomic E-state index is 10.9. The van der Waals surface area contributed by atoms with Crippen molar-refractivity contribution in [3.05, 3.63) is 11.6 Å². The van der Waals surface area contributed by atoms with Crippen LogP contribution in [0.3, 0.4) is 0 Å². The highest BCUT2D eigenvalue weighted by atomic mass is 16.5. The van der Waals surface area contributed by atoms with Crippen LogP contribution in [0.15, 0.2) is 11.6 Å². The van der Waals surface area contributed by atoms with E-state index in [1.54, 1.807) is 0 Å². The predicted molar refractivity (Wildman–Crippen MR) is 41.9 cm³/mol. The summed E-state index contributed by atoms with van der Waals surface area (Å²) in [6, 6.07) is 0.225. The fraction of sp³-hybridized carbons (Fsp3) is 0.625. The van der Waals surface area contributed by atoms with E-state index in [9.17, 15) is 4.79 Å². The number of rotatable bonds is 1. The number of methoxy groups -OCH3 is 1. The summed E-state index contributed by atoms with van der Waals surface area (Å²) in [6.45, 7) is 0. The van der Waals surface area contributed by atoms with Crippen LogP contribution in [0.4, 0.5) is 0 Å². The zero-order valence-corrected chi connectivity index (χ0v) is 6.67. The predicted octanol–water partition coefficient (Wildman–Crippen LogP) is 0.597. The molecule has 0 fully saturated rings. The van der Waals surface area contributed by atoms with Gasteiger partial charge in [0.2, 0.25) is 0 Å². The largest absolute Gasteiger partial charge is 0.466 e. The molecule has 0 heterocycles. The van der Waals surface area contributed by atoms with Crippen LogP contribution in [0, 0.1) is 0 Å². The van der Waals surface area contributed by atoms with Crippen LogP contribution in [-0.2, 0) is 9.53 Å². The molecule has 1 aliphatic rings. The van der Waals surface area contributed by atoms with Crippen molar-refractivity contribution in [2.24, 2.45) is 5.73 Å². The number of hydrogen-bond donors (Lipinski definition) is 1. The van der Waals surface area contributed by atoms with Crippen LogP contribution < -0.4 is 5.73 Å². The van der Waals surface area contributed by atoms with E-state index < -0.39 is 0 Å². The van der Waals surface area contributed by atoms with Crippen molar-refractivity contribution in [1.82, 2.24) is 0 Å². The van der Waals surface area contributed by atoms with Crippen LogP contribution in [-0.4, -0.2) is 19.1 Å². The first-order chi connectivity index (χ1) is 5.24. The van der Waals surface area contributed by atoms with Gasteiger partial charge >= 0.3 is 5.97 Å². The minimum Gasteiger partial charge on any atom is -0.466 e. The van der Waals surface area contributed by atoms with Crippen molar-refractivity contribution in [3.63, 3.8) is 0 Å². The lowest BCUT2D eigenvalue weighted by atomic mass is 9.96. The molecule has 0 saturated carbocycles. The molecule has 1 atom stereocenters. The highest BCUT2D eigenvalue weighted by Crippen LogP contribution is 2.17. The van der Waals surface area contributed by atoms with Gasteiger partial charge in [-0.05, 0) is 19.3 Å². The van der Waals surface area contributed by atoms with Crippen LogP contribution in [0.5, 0.6) is 0 Å². The molecule has 0 saturated heterocycles. The Hall–Kier alpha value is -0.830. The van der Waals surface area contributed by atoms with Gasteiger partial charge in [0.15, 0.2) is 0 Å². The Bertz CT molecular complexity index is 187. The van der Waals surface area contributed by atoms with Gasteiger partial charge in [-0.15, -0.1) is 0 Å². The molecule has 1 aliphatic carbocycles. The molecule has 3 nitrogen and oxygen atoms in total. The number of carbonyl (C=O) groups excluding carboxylic acids is 1. The topological polar surface area (TPSA) is 52.3 Å². The van der Waals surface area contributed by atoms with E-state index >= 15 is 0 Å². The first-order valence-electron chi connectivity index (χ1n) is 3.77. The standard InChI is InChI=1S/C8H13NO2/c1-11-8(10)6-2-4-7(9)5-3-6/h2,7H,3-5,9H2,1H3. The second kappa shape index (κ2) is 3.53. The minimum atomic E-state index is -0.211. The number of nitrogens with two attached hydrogens (primary N) is 1. The van der Waals surface area contributed by atoms with E-state index in [-0.39, 0.29) is 12.0 Å². The molecule has 0 aromatic rings. The highest BCUT2D eigenvalue weighted by molar-refractivity contribution is 5.88. The van der Waals surface area contributed by atoms with Gasteiger partial charge in [-0.3, -0.25) is 0 Å². The molecule has 0 radical (unpaired) electrons. The van der Waals surface area contributed by atoms with E-state index in [0.717, 1.165) is 24.8 Å². The normalized spacial score (nSPS) is 24.2. The summed E-state index contributed by atoms with van der Waals surface area (Å²) in [5, 5.41) is 0. The number of hydrogen-bond acceptors (Lipinski definition) is 3. The molecule has 62 valence electrons. The Labute approximate surface area is 66.2 Å². The zero-order chi connectivity index (χ0) is 8.27. The monoisotopic (exact) mass is 155 g/mol. The van der Waals surface area contributed by atoms with Gasteiger partial charge < -0.3 is 10.5 Å². The maximum absolute atomic E-state index is 10.9. The van der Waals surface area contributed by atoms with Gasteiger partial charge in [0.25, 0.3) is 0 Å². The minimum absolute atomic E-state index is 0.211. The molecule has 0 aliphatic heterocycles. The molecule has 1 unspecified atom stereocenters. The maximum Gasteiger partial charge on any atom is 0.333 e. The van der Waals surface area contributed by atoms with Gasteiger partial charge in [-0.2, -0.15) is 0 Å². The second-order valence-electron chi connectivity index (χ2n) is 2.76. The third-order valence-electron chi connectivity index (χ3n) is 1.90. The molecule has 0 aromatic heterocycles. The van der Waals surface area contributed by atoms with Gasteiger partial charge in [0.1, 0.15) is 0 Å². The summed E-state index contributed by atoms with van der Waals surface area (Å²) in [4.78, 5) is 10.9. The lowest BCUT2D eigenvalue weighted by molar-refractivity contribution is -0.136. The summed E-state index contributed by atoms with van der Waals surface area (Å²) >= 11 is 0. The number of esters is 1. The summed E-state index contributed by atoms with van der Waals surface area (Å²) in [7, 11) is 1.40. The van der Waals surface area contributed by atoms with Crippen molar-refractivity contribution in [3.8, 4) is 0 Å². The van der Waals surface area contributed by atoms with Crippen molar-refractivity contribution in [2.45, 2.75) is 25.3 Å². The lowest BCUT2D eigenvalue weighted by Crippen LogP contribution is -2.23. The van der Waals surface area contributed by atoms with Crippen LogP contribution >= 0.6 is 0 Å². The molecule has 2 N–H and O–H groups in total. The Kier molecular flexibility index (Phi) is 2.65. The van der Waals surface area contributed by atoms with Gasteiger partial charge in [0, 0.05) is 11.6 Å². The van der Waals surface area contributed by atoms with Crippen molar-refractivity contribution in [1.29, 1.82) is 0 Å². The van der Waals surface area contributed by atoms with Crippen LogP contribution in [0.25, 0.3) is 0 Å². The average molecular weight is 155 g/mol. The van der Waals surface area contributed by atoms with Gasteiger partial charge in [0.05, 0.1) is 7.11 Å². The molecule has 11 heavy (non-hydrogen) atoms. The third kappa shape index (κ3) is 2.05. The lowest BCUT2D eigenvalue weighted by Gasteiger charge is -2.16. The fourth-order valence-electron chi connectivity index (χ4n) is 1.17. The SMILES string of the molecule is COC(=O)C1=CCC(N)CC1. The molecule has 3 heteroatoms. The average Bonchev–Trinajstić information content (AvgIpc) is 2.05. The smallest absolute Gasteiger partial charge is 0.333 e. The summed E-state index contributed by atoms with van der Waals surface area (Å²) in [5.74, 6) is -0.211. The molecule has 0 aromatic carbocycles. The quantitative estimate of drug-likeness (QED) is 0.564. The molecule has 0 spiro atoms. The second-order valence-corrected chi connectivity index (χ2v) is 2.76. The van der Waals surface area contributed by atoms with Gasteiger partial charge in [-0.25, -0.2) is 4.79 Å². The summed E-state index contributed by atoms with van der Waals surface area (Å²) < 4.78 is 4.58. The third-order valence-corrected chi connectivity index (χ3v) is 1.90. The number of ether oxygens (including phenoxy) is 1. The molecular formula is C8H13NO2. The highest BCUT2D eigenvalue weighted by Gasteiger charge is 2.15. The Morgan fingerprint density at radius 3 is 3.00 bits per heavy atom. The Morgan fingerprint density at radius 1 is 1.82 bits per heavy atom. The van der Waals surface area contributed by atoms with E-state index in [4.69, 9.17) is 5.73 Å². The zero-order valence-electron chi connectivity index (χ0n) is 6.67. The van der Waals surface area contributed by atoms with E-state index in [1.807, 2.05) is 6.08 Å². The molecule has 1 rings (SSSR count). The Balaban J connectivity index is 2.54. The summed E-state index contributed by atoms with van der Waals surface area (Å²) in [6.07, 6.45) is 4.32.